The Kier molecular flexibility index (Phi) is 4.66. The van der Waals surface area contributed by atoms with Gasteiger partial charge in [0, 0.05) is 18.7 Å². The number of piperidine rings is 1. The molecule has 0 spiro atoms. The molecule has 0 N–H and O–H groups in total. The zero-order chi connectivity index (χ0) is 18.9. The van der Waals surface area contributed by atoms with E-state index in [1.54, 1.807) is 22.7 Å². The van der Waals surface area contributed by atoms with Crippen molar-refractivity contribution in [3.63, 3.8) is 0 Å². The molecule has 1 fully saturated rings. The molecule has 1 aliphatic rings. The van der Waals surface area contributed by atoms with Gasteiger partial charge in [0.05, 0.1) is 20.8 Å². The number of carbonyl (C=O) groups is 1. The molecule has 4 aromatic rings. The maximum Gasteiger partial charge on any atom is 0.253 e. The van der Waals surface area contributed by atoms with E-state index >= 15 is 0 Å². The summed E-state index contributed by atoms with van der Waals surface area (Å²) in [4.78, 5) is 26.9. The number of hydrogen-bond donors (Lipinski definition) is 0. The number of nitrogens with zero attached hydrogens (tertiary/aromatic N) is 3. The molecule has 0 bridgehead atoms. The van der Waals surface area contributed by atoms with Gasteiger partial charge in [0.25, 0.3) is 5.91 Å². The summed E-state index contributed by atoms with van der Waals surface area (Å²) in [6, 6.07) is 13.9. The first-order valence-electron chi connectivity index (χ1n) is 9.48. The lowest BCUT2D eigenvalue weighted by atomic mass is 10.1. The Bertz CT molecular complexity index is 1110. The van der Waals surface area contributed by atoms with E-state index in [1.807, 2.05) is 35.2 Å². The van der Waals surface area contributed by atoms with Crippen LogP contribution in [0.2, 0.25) is 0 Å². The Morgan fingerprint density at radius 2 is 1.46 bits per heavy atom. The molecule has 0 saturated carbocycles. The number of thiophene rings is 2. The van der Waals surface area contributed by atoms with Crippen LogP contribution in [0.3, 0.4) is 0 Å². The van der Waals surface area contributed by atoms with E-state index in [9.17, 15) is 4.79 Å². The van der Waals surface area contributed by atoms with E-state index in [0.29, 0.717) is 5.56 Å². The van der Waals surface area contributed by atoms with Crippen molar-refractivity contribution < 1.29 is 4.79 Å². The van der Waals surface area contributed by atoms with E-state index < -0.39 is 0 Å². The maximum atomic E-state index is 12.9. The first kappa shape index (κ1) is 17.5. The smallest absolute Gasteiger partial charge is 0.253 e. The summed E-state index contributed by atoms with van der Waals surface area (Å²) >= 11 is 3.32. The number of hydrogen-bond acceptors (Lipinski definition) is 5. The molecule has 28 heavy (non-hydrogen) atoms. The Hall–Kier alpha value is -2.57. The van der Waals surface area contributed by atoms with Gasteiger partial charge in [-0.15, -0.1) is 22.7 Å². The highest BCUT2D eigenvalue weighted by Gasteiger charge is 2.20. The Labute approximate surface area is 171 Å². The summed E-state index contributed by atoms with van der Waals surface area (Å²) in [6.45, 7) is 1.70. The average molecular weight is 406 g/mol. The average Bonchev–Trinajstić information content (AvgIpc) is 3.46. The van der Waals surface area contributed by atoms with Gasteiger partial charge in [-0.05, 0) is 60.4 Å². The molecule has 0 aliphatic carbocycles. The molecule has 4 heterocycles. The van der Waals surface area contributed by atoms with Crippen molar-refractivity contribution in [1.82, 2.24) is 14.9 Å². The molecular weight excluding hydrogens is 386 g/mol. The molecule has 0 unspecified atom stereocenters. The van der Waals surface area contributed by atoms with Crippen molar-refractivity contribution in [2.45, 2.75) is 19.3 Å². The van der Waals surface area contributed by atoms with Crippen molar-refractivity contribution >= 4 is 39.6 Å². The third-order valence-corrected chi connectivity index (χ3v) is 6.82. The maximum absolute atomic E-state index is 12.9. The van der Waals surface area contributed by atoms with Gasteiger partial charge in [0.15, 0.2) is 0 Å². The fourth-order valence-electron chi connectivity index (χ4n) is 3.64. The predicted molar refractivity (Wildman–Crippen MR) is 116 cm³/mol. The van der Waals surface area contributed by atoms with Crippen molar-refractivity contribution in [3.05, 3.63) is 58.8 Å². The number of benzene rings is 1. The zero-order valence-electron chi connectivity index (χ0n) is 15.3. The van der Waals surface area contributed by atoms with Crippen LogP contribution in [-0.4, -0.2) is 33.9 Å². The summed E-state index contributed by atoms with van der Waals surface area (Å²) < 4.78 is 0. The quantitative estimate of drug-likeness (QED) is 0.438. The minimum absolute atomic E-state index is 0.100. The first-order chi connectivity index (χ1) is 13.8. The van der Waals surface area contributed by atoms with Gasteiger partial charge in [0.2, 0.25) is 0 Å². The predicted octanol–water partition coefficient (Wildman–Crippen LogP) is 5.71. The SMILES string of the molecule is O=C(c1ccc2nc(-c3cccs3)c(-c3cccs3)nc2c1)N1CCCCC1. The first-order valence-corrected chi connectivity index (χ1v) is 11.2. The second kappa shape index (κ2) is 7.45. The summed E-state index contributed by atoms with van der Waals surface area (Å²) in [5.41, 5.74) is 4.07. The molecule has 1 amide bonds. The molecule has 0 atom stereocenters. The molecule has 6 heteroatoms. The largest absolute Gasteiger partial charge is 0.339 e. The lowest BCUT2D eigenvalue weighted by molar-refractivity contribution is 0.0724. The molecule has 3 aromatic heterocycles. The monoisotopic (exact) mass is 405 g/mol. The minimum Gasteiger partial charge on any atom is -0.339 e. The molecule has 1 aromatic carbocycles. The lowest BCUT2D eigenvalue weighted by Crippen LogP contribution is -2.35. The van der Waals surface area contributed by atoms with Gasteiger partial charge < -0.3 is 4.90 Å². The molecular formula is C22H19N3OS2. The highest BCUT2D eigenvalue weighted by molar-refractivity contribution is 7.14. The molecule has 1 saturated heterocycles. The highest BCUT2D eigenvalue weighted by atomic mass is 32.1. The Balaban J connectivity index is 1.61. The number of likely N-dealkylation sites (tertiary alicyclic amines) is 1. The van der Waals surface area contributed by atoms with Crippen molar-refractivity contribution in [1.29, 1.82) is 0 Å². The Morgan fingerprint density at radius 3 is 2.07 bits per heavy atom. The van der Waals surface area contributed by atoms with E-state index in [1.165, 1.54) is 6.42 Å². The summed E-state index contributed by atoms with van der Waals surface area (Å²) in [7, 11) is 0. The molecule has 5 rings (SSSR count). The topological polar surface area (TPSA) is 46.1 Å². The third kappa shape index (κ3) is 3.23. The molecule has 1 aliphatic heterocycles. The van der Waals surface area contributed by atoms with Gasteiger partial charge >= 0.3 is 0 Å². The van der Waals surface area contributed by atoms with Crippen LogP contribution in [-0.2, 0) is 0 Å². The summed E-state index contributed by atoms with van der Waals surface area (Å²) in [5.74, 6) is 0.100. The van der Waals surface area contributed by atoms with Crippen LogP contribution >= 0.6 is 22.7 Å². The van der Waals surface area contributed by atoms with Gasteiger partial charge in [-0.25, -0.2) is 9.97 Å². The van der Waals surface area contributed by atoms with E-state index in [0.717, 1.165) is 58.1 Å². The van der Waals surface area contributed by atoms with Gasteiger partial charge in [-0.3, -0.25) is 4.79 Å². The van der Waals surface area contributed by atoms with Crippen molar-refractivity contribution in [3.8, 4) is 21.1 Å². The van der Waals surface area contributed by atoms with Crippen molar-refractivity contribution in [2.24, 2.45) is 0 Å². The fourth-order valence-corrected chi connectivity index (χ4v) is 5.07. The number of fused-ring (bicyclic) bond motifs is 1. The van der Waals surface area contributed by atoms with Crippen LogP contribution in [0.4, 0.5) is 0 Å². The fraction of sp³-hybridized carbons (Fsp3) is 0.227. The van der Waals surface area contributed by atoms with Crippen LogP contribution in [0.1, 0.15) is 29.6 Å². The van der Waals surface area contributed by atoms with E-state index in [-0.39, 0.29) is 5.91 Å². The van der Waals surface area contributed by atoms with Crippen LogP contribution in [0.5, 0.6) is 0 Å². The van der Waals surface area contributed by atoms with Crippen LogP contribution < -0.4 is 0 Å². The third-order valence-electron chi connectivity index (χ3n) is 5.06. The normalized spacial score (nSPS) is 14.5. The standard InChI is InChI=1S/C22H19N3OS2/c26-22(25-10-2-1-3-11-25)15-8-9-16-17(14-15)24-21(19-7-5-13-28-19)20(23-16)18-6-4-12-27-18/h4-9,12-14H,1-3,10-11H2. The summed E-state index contributed by atoms with van der Waals surface area (Å²) in [6.07, 6.45) is 3.39. The second-order valence-electron chi connectivity index (χ2n) is 6.93. The number of rotatable bonds is 3. The van der Waals surface area contributed by atoms with Crippen LogP contribution in [0.15, 0.2) is 53.2 Å². The number of aromatic nitrogens is 2. The lowest BCUT2D eigenvalue weighted by Gasteiger charge is -2.26. The zero-order valence-corrected chi connectivity index (χ0v) is 16.9. The van der Waals surface area contributed by atoms with E-state index in [2.05, 4.69) is 22.9 Å². The molecule has 140 valence electrons. The van der Waals surface area contributed by atoms with Gasteiger partial charge in [-0.1, -0.05) is 12.1 Å². The Morgan fingerprint density at radius 1 is 0.821 bits per heavy atom. The summed E-state index contributed by atoms with van der Waals surface area (Å²) in [5, 5.41) is 4.11. The van der Waals surface area contributed by atoms with Crippen molar-refractivity contribution in [2.75, 3.05) is 13.1 Å². The number of amides is 1. The second-order valence-corrected chi connectivity index (χ2v) is 8.83. The van der Waals surface area contributed by atoms with Gasteiger partial charge in [-0.2, -0.15) is 0 Å². The molecule has 0 radical (unpaired) electrons. The van der Waals surface area contributed by atoms with Crippen LogP contribution in [0.25, 0.3) is 32.2 Å². The highest BCUT2D eigenvalue weighted by Crippen LogP contribution is 2.35. The van der Waals surface area contributed by atoms with Gasteiger partial charge in [0.1, 0.15) is 11.4 Å². The minimum atomic E-state index is 0.100. The molecule has 4 nitrogen and oxygen atoms in total. The van der Waals surface area contributed by atoms with Crippen LogP contribution in [0, 0.1) is 0 Å². The number of carbonyl (C=O) groups excluding carboxylic acids is 1. The van der Waals surface area contributed by atoms with E-state index in [4.69, 9.17) is 9.97 Å².